The number of hydrogen-bond acceptors (Lipinski definition) is 3. The minimum absolute atomic E-state index is 0.197. The molecule has 2 aliphatic heterocycles. The van der Waals surface area contributed by atoms with Gasteiger partial charge in [0, 0.05) is 24.8 Å². The molecule has 1 aromatic rings. The number of para-hydroxylation sites is 1. The van der Waals surface area contributed by atoms with Crippen LogP contribution in [0.15, 0.2) is 24.3 Å². The van der Waals surface area contributed by atoms with Gasteiger partial charge in [0.1, 0.15) is 0 Å². The van der Waals surface area contributed by atoms with E-state index in [-0.39, 0.29) is 11.9 Å². The van der Waals surface area contributed by atoms with Crippen molar-refractivity contribution in [3.63, 3.8) is 0 Å². The van der Waals surface area contributed by atoms with Crippen molar-refractivity contribution < 1.29 is 4.79 Å². The van der Waals surface area contributed by atoms with Gasteiger partial charge in [0.2, 0.25) is 5.91 Å². The van der Waals surface area contributed by atoms with E-state index in [1.54, 1.807) is 0 Å². The minimum atomic E-state index is 0.197. The molecular weight excluding hydrogens is 250 g/mol. The first-order valence-electron chi connectivity index (χ1n) is 7.51. The van der Waals surface area contributed by atoms with Crippen molar-refractivity contribution in [2.24, 2.45) is 11.7 Å². The Morgan fingerprint density at radius 1 is 1.35 bits per heavy atom. The van der Waals surface area contributed by atoms with E-state index in [9.17, 15) is 4.79 Å². The maximum absolute atomic E-state index is 12.5. The van der Waals surface area contributed by atoms with Gasteiger partial charge in [-0.1, -0.05) is 25.1 Å². The van der Waals surface area contributed by atoms with Gasteiger partial charge >= 0.3 is 0 Å². The summed E-state index contributed by atoms with van der Waals surface area (Å²) in [6, 6.07) is 8.40. The molecule has 2 heterocycles. The Bertz CT molecular complexity index is 502. The van der Waals surface area contributed by atoms with E-state index in [4.69, 9.17) is 5.73 Å². The Kier molecular flexibility index (Phi) is 3.76. The number of rotatable bonds is 2. The predicted octanol–water partition coefficient (Wildman–Crippen LogP) is 1.24. The zero-order chi connectivity index (χ0) is 14.1. The lowest BCUT2D eigenvalue weighted by atomic mass is 9.94. The van der Waals surface area contributed by atoms with Crippen molar-refractivity contribution in [3.8, 4) is 0 Å². The summed E-state index contributed by atoms with van der Waals surface area (Å²) < 4.78 is 0. The maximum Gasteiger partial charge on any atom is 0.241 e. The molecule has 2 unspecified atom stereocenters. The lowest BCUT2D eigenvalue weighted by Crippen LogP contribution is -2.50. The first-order valence-corrected chi connectivity index (χ1v) is 7.51. The molecule has 1 amide bonds. The van der Waals surface area contributed by atoms with Crippen LogP contribution in [-0.2, 0) is 11.2 Å². The third-order valence-electron chi connectivity index (χ3n) is 4.65. The number of fused-ring (bicyclic) bond motifs is 1. The summed E-state index contributed by atoms with van der Waals surface area (Å²) in [4.78, 5) is 16.6. The van der Waals surface area contributed by atoms with Crippen LogP contribution in [0.3, 0.4) is 0 Å². The number of amides is 1. The highest BCUT2D eigenvalue weighted by atomic mass is 16.2. The SMILES string of the molecule is CC1CCN(CC(=O)N2CCc3ccccc32)CC1N. The molecular formula is C16H23N3O. The summed E-state index contributed by atoms with van der Waals surface area (Å²) in [5.74, 6) is 0.769. The van der Waals surface area contributed by atoms with Crippen LogP contribution < -0.4 is 10.6 Å². The molecule has 20 heavy (non-hydrogen) atoms. The molecule has 0 spiro atoms. The van der Waals surface area contributed by atoms with Gasteiger partial charge in [0.05, 0.1) is 6.54 Å². The van der Waals surface area contributed by atoms with E-state index in [2.05, 4.69) is 17.9 Å². The van der Waals surface area contributed by atoms with E-state index in [0.29, 0.717) is 12.5 Å². The molecule has 1 aromatic carbocycles. The van der Waals surface area contributed by atoms with E-state index in [1.165, 1.54) is 5.56 Å². The molecule has 1 fully saturated rings. The number of likely N-dealkylation sites (tertiary alicyclic amines) is 1. The third kappa shape index (κ3) is 2.58. The first-order chi connectivity index (χ1) is 9.65. The number of carbonyl (C=O) groups excluding carboxylic acids is 1. The van der Waals surface area contributed by atoms with Crippen LogP contribution in [0.4, 0.5) is 5.69 Å². The van der Waals surface area contributed by atoms with Crippen molar-refractivity contribution in [1.29, 1.82) is 0 Å². The smallest absolute Gasteiger partial charge is 0.241 e. The maximum atomic E-state index is 12.5. The highest BCUT2D eigenvalue weighted by Crippen LogP contribution is 2.27. The average molecular weight is 273 g/mol. The van der Waals surface area contributed by atoms with Crippen LogP contribution in [0.2, 0.25) is 0 Å². The zero-order valence-electron chi connectivity index (χ0n) is 12.1. The van der Waals surface area contributed by atoms with Gasteiger partial charge in [-0.05, 0) is 36.9 Å². The van der Waals surface area contributed by atoms with Crippen LogP contribution in [0.25, 0.3) is 0 Å². The summed E-state index contributed by atoms with van der Waals surface area (Å²) >= 11 is 0. The van der Waals surface area contributed by atoms with E-state index in [1.807, 2.05) is 23.1 Å². The molecule has 0 bridgehead atoms. The zero-order valence-corrected chi connectivity index (χ0v) is 12.1. The second-order valence-corrected chi connectivity index (χ2v) is 6.09. The summed E-state index contributed by atoms with van der Waals surface area (Å²) in [6.45, 7) is 5.32. The van der Waals surface area contributed by atoms with Crippen LogP contribution in [0, 0.1) is 5.92 Å². The van der Waals surface area contributed by atoms with Crippen LogP contribution in [0.1, 0.15) is 18.9 Å². The molecule has 0 aromatic heterocycles. The molecule has 0 radical (unpaired) electrons. The molecule has 108 valence electrons. The molecule has 4 nitrogen and oxygen atoms in total. The molecule has 0 aliphatic carbocycles. The first kappa shape index (κ1) is 13.6. The molecule has 0 saturated carbocycles. The Balaban J connectivity index is 1.63. The Morgan fingerprint density at radius 3 is 2.95 bits per heavy atom. The second kappa shape index (κ2) is 5.54. The monoisotopic (exact) mass is 273 g/mol. The third-order valence-corrected chi connectivity index (χ3v) is 4.65. The molecule has 1 saturated heterocycles. The number of carbonyl (C=O) groups is 1. The van der Waals surface area contributed by atoms with Crippen molar-refractivity contribution in [2.45, 2.75) is 25.8 Å². The highest BCUT2D eigenvalue weighted by Gasteiger charge is 2.28. The Labute approximate surface area is 120 Å². The number of anilines is 1. The van der Waals surface area contributed by atoms with Crippen LogP contribution >= 0.6 is 0 Å². The number of hydrogen-bond donors (Lipinski definition) is 1. The van der Waals surface area contributed by atoms with Crippen LogP contribution in [-0.4, -0.2) is 43.0 Å². The number of benzene rings is 1. The van der Waals surface area contributed by atoms with E-state index in [0.717, 1.165) is 38.2 Å². The topological polar surface area (TPSA) is 49.6 Å². The molecule has 2 aliphatic rings. The quantitative estimate of drug-likeness (QED) is 0.882. The summed E-state index contributed by atoms with van der Waals surface area (Å²) in [6.07, 6.45) is 2.06. The Hall–Kier alpha value is -1.39. The Morgan fingerprint density at radius 2 is 2.15 bits per heavy atom. The van der Waals surface area contributed by atoms with Gasteiger partial charge in [-0.3, -0.25) is 9.69 Å². The summed E-state index contributed by atoms with van der Waals surface area (Å²) in [5, 5.41) is 0. The molecule has 3 rings (SSSR count). The lowest BCUT2D eigenvalue weighted by Gasteiger charge is -2.35. The molecule has 4 heteroatoms. The van der Waals surface area contributed by atoms with Gasteiger partial charge in [0.25, 0.3) is 0 Å². The summed E-state index contributed by atoms with van der Waals surface area (Å²) in [7, 11) is 0. The van der Waals surface area contributed by atoms with Gasteiger partial charge < -0.3 is 10.6 Å². The van der Waals surface area contributed by atoms with Crippen molar-refractivity contribution in [1.82, 2.24) is 4.90 Å². The average Bonchev–Trinajstić information content (AvgIpc) is 2.87. The van der Waals surface area contributed by atoms with Crippen molar-refractivity contribution in [2.75, 3.05) is 31.1 Å². The predicted molar refractivity (Wildman–Crippen MR) is 80.7 cm³/mol. The van der Waals surface area contributed by atoms with Crippen molar-refractivity contribution in [3.05, 3.63) is 29.8 Å². The van der Waals surface area contributed by atoms with Gasteiger partial charge in [-0.25, -0.2) is 0 Å². The largest absolute Gasteiger partial charge is 0.326 e. The van der Waals surface area contributed by atoms with E-state index < -0.39 is 0 Å². The number of piperidine rings is 1. The number of nitrogens with two attached hydrogens (primary N) is 1. The summed E-state index contributed by atoms with van der Waals surface area (Å²) in [5.41, 5.74) is 8.48. The highest BCUT2D eigenvalue weighted by molar-refractivity contribution is 5.96. The molecule has 2 N–H and O–H groups in total. The fourth-order valence-electron chi connectivity index (χ4n) is 3.19. The van der Waals surface area contributed by atoms with Crippen LogP contribution in [0.5, 0.6) is 0 Å². The number of nitrogens with zero attached hydrogens (tertiary/aromatic N) is 2. The van der Waals surface area contributed by atoms with Gasteiger partial charge in [-0.2, -0.15) is 0 Å². The normalized spacial score (nSPS) is 26.6. The van der Waals surface area contributed by atoms with Gasteiger partial charge in [0.15, 0.2) is 0 Å². The lowest BCUT2D eigenvalue weighted by molar-refractivity contribution is -0.120. The fourth-order valence-corrected chi connectivity index (χ4v) is 3.19. The van der Waals surface area contributed by atoms with Gasteiger partial charge in [-0.15, -0.1) is 0 Å². The minimum Gasteiger partial charge on any atom is -0.326 e. The van der Waals surface area contributed by atoms with Crippen molar-refractivity contribution >= 4 is 11.6 Å². The van der Waals surface area contributed by atoms with E-state index >= 15 is 0 Å². The fraction of sp³-hybridized carbons (Fsp3) is 0.562. The second-order valence-electron chi connectivity index (χ2n) is 6.09. The standard InChI is InChI=1S/C16H23N3O/c1-12-6-8-18(10-14(12)17)11-16(20)19-9-7-13-4-2-3-5-15(13)19/h2-5,12,14H,6-11,17H2,1H3. The molecule has 2 atom stereocenters.